The molecule has 1 aromatic rings. The summed E-state index contributed by atoms with van der Waals surface area (Å²) >= 11 is 0. The minimum absolute atomic E-state index is 0.141. The van der Waals surface area contributed by atoms with E-state index in [2.05, 4.69) is 13.2 Å². The molecule has 1 atom stereocenters. The van der Waals surface area contributed by atoms with Crippen LogP contribution in [-0.2, 0) is 4.79 Å². The van der Waals surface area contributed by atoms with Crippen LogP contribution >= 0.6 is 0 Å². The van der Waals surface area contributed by atoms with Crippen molar-refractivity contribution in [2.75, 3.05) is 18.1 Å². The fourth-order valence-corrected chi connectivity index (χ4v) is 2.09. The minimum atomic E-state index is 0.141. The van der Waals surface area contributed by atoms with E-state index in [1.165, 1.54) is 0 Å². The van der Waals surface area contributed by atoms with Crippen molar-refractivity contribution in [1.82, 2.24) is 0 Å². The molecule has 100 valence electrons. The number of rotatable bonds is 5. The van der Waals surface area contributed by atoms with E-state index in [4.69, 9.17) is 4.74 Å². The summed E-state index contributed by atoms with van der Waals surface area (Å²) in [7, 11) is 0. The Morgan fingerprint density at radius 2 is 2.37 bits per heavy atom. The van der Waals surface area contributed by atoms with Gasteiger partial charge in [0.25, 0.3) is 0 Å². The molecule has 19 heavy (non-hydrogen) atoms. The summed E-state index contributed by atoms with van der Waals surface area (Å²) in [5.74, 6) is 1.14. The number of carbonyl (C=O) groups is 1. The Balaban J connectivity index is 2.12. The normalized spacial score (nSPS) is 18.5. The third kappa shape index (κ3) is 3.25. The third-order valence-electron chi connectivity index (χ3n) is 3.10. The third-order valence-corrected chi connectivity index (χ3v) is 3.10. The fraction of sp³-hybridized carbons (Fsp3) is 0.312. The van der Waals surface area contributed by atoms with Crippen molar-refractivity contribution < 1.29 is 9.53 Å². The summed E-state index contributed by atoms with van der Waals surface area (Å²) in [6.07, 6.45) is 2.39. The van der Waals surface area contributed by atoms with Gasteiger partial charge in [-0.1, -0.05) is 18.7 Å². The van der Waals surface area contributed by atoms with E-state index in [1.807, 2.05) is 37.3 Å². The maximum atomic E-state index is 11.9. The van der Waals surface area contributed by atoms with Crippen LogP contribution in [0.3, 0.4) is 0 Å². The predicted molar refractivity (Wildman–Crippen MR) is 77.4 cm³/mol. The number of benzene rings is 1. The first-order chi connectivity index (χ1) is 9.10. The van der Waals surface area contributed by atoms with Crippen molar-refractivity contribution in [3.63, 3.8) is 0 Å². The molecule has 0 radical (unpaired) electrons. The summed E-state index contributed by atoms with van der Waals surface area (Å²) in [5, 5.41) is 0. The second kappa shape index (κ2) is 5.74. The van der Waals surface area contributed by atoms with E-state index < -0.39 is 0 Å². The van der Waals surface area contributed by atoms with Crippen molar-refractivity contribution in [1.29, 1.82) is 0 Å². The number of ether oxygens (including phenoxy) is 1. The zero-order chi connectivity index (χ0) is 13.8. The van der Waals surface area contributed by atoms with Crippen molar-refractivity contribution >= 4 is 11.6 Å². The van der Waals surface area contributed by atoms with E-state index in [-0.39, 0.29) is 11.8 Å². The zero-order valence-corrected chi connectivity index (χ0v) is 11.3. The molecular formula is C16H19NO2. The summed E-state index contributed by atoms with van der Waals surface area (Å²) in [4.78, 5) is 13.7. The highest BCUT2D eigenvalue weighted by Crippen LogP contribution is 2.28. The number of nitrogens with zero attached hydrogens (tertiary/aromatic N) is 1. The Morgan fingerprint density at radius 3 is 3.00 bits per heavy atom. The summed E-state index contributed by atoms with van der Waals surface area (Å²) < 4.78 is 5.60. The van der Waals surface area contributed by atoms with E-state index in [0.717, 1.165) is 17.0 Å². The van der Waals surface area contributed by atoms with E-state index in [9.17, 15) is 4.79 Å². The second-order valence-corrected chi connectivity index (χ2v) is 4.95. The van der Waals surface area contributed by atoms with Crippen molar-refractivity contribution in [2.24, 2.45) is 5.92 Å². The lowest BCUT2D eigenvalue weighted by Gasteiger charge is -2.17. The number of hydrogen-bond acceptors (Lipinski definition) is 2. The highest BCUT2D eigenvalue weighted by Gasteiger charge is 2.28. The first-order valence-electron chi connectivity index (χ1n) is 6.40. The van der Waals surface area contributed by atoms with Crippen LogP contribution in [0.1, 0.15) is 13.3 Å². The lowest BCUT2D eigenvalue weighted by atomic mass is 10.1. The minimum Gasteiger partial charge on any atom is -0.489 e. The van der Waals surface area contributed by atoms with E-state index in [1.54, 1.807) is 4.90 Å². The maximum absolute atomic E-state index is 11.9. The molecule has 1 saturated heterocycles. The van der Waals surface area contributed by atoms with Gasteiger partial charge in [0, 0.05) is 30.6 Å². The van der Waals surface area contributed by atoms with Gasteiger partial charge in [-0.05, 0) is 24.6 Å². The zero-order valence-electron chi connectivity index (χ0n) is 11.3. The summed E-state index contributed by atoms with van der Waals surface area (Å²) in [6.45, 7) is 10.7. The molecule has 1 amide bonds. The SMILES string of the molecule is C=CC1CC(=O)N(c2cccc(OCC(=C)C)c2)C1. The molecule has 3 nitrogen and oxygen atoms in total. The lowest BCUT2D eigenvalue weighted by Crippen LogP contribution is -2.24. The molecule has 0 N–H and O–H groups in total. The summed E-state index contributed by atoms with van der Waals surface area (Å²) in [5.41, 5.74) is 1.85. The standard InChI is InChI=1S/C16H19NO2/c1-4-13-8-16(18)17(10-13)14-6-5-7-15(9-14)19-11-12(2)3/h4-7,9,13H,1-2,8,10-11H2,3H3. The number of carbonyl (C=O) groups excluding carboxylic acids is 1. The van der Waals surface area contributed by atoms with Crippen LogP contribution in [0.15, 0.2) is 49.1 Å². The van der Waals surface area contributed by atoms with Gasteiger partial charge in [-0.25, -0.2) is 0 Å². The van der Waals surface area contributed by atoms with Gasteiger partial charge in [0.1, 0.15) is 12.4 Å². The van der Waals surface area contributed by atoms with Crippen LogP contribution in [0.25, 0.3) is 0 Å². The van der Waals surface area contributed by atoms with E-state index >= 15 is 0 Å². The van der Waals surface area contributed by atoms with Gasteiger partial charge in [-0.3, -0.25) is 4.79 Å². The molecule has 0 spiro atoms. The molecular weight excluding hydrogens is 238 g/mol. The van der Waals surface area contributed by atoms with Crippen LogP contribution in [0.2, 0.25) is 0 Å². The molecule has 1 aliphatic rings. The Hall–Kier alpha value is -2.03. The van der Waals surface area contributed by atoms with Crippen LogP contribution in [0, 0.1) is 5.92 Å². The smallest absolute Gasteiger partial charge is 0.227 e. The monoisotopic (exact) mass is 257 g/mol. The molecule has 1 aliphatic heterocycles. The molecule has 1 aromatic carbocycles. The van der Waals surface area contributed by atoms with Crippen molar-refractivity contribution in [3.05, 3.63) is 49.1 Å². The van der Waals surface area contributed by atoms with Crippen molar-refractivity contribution in [2.45, 2.75) is 13.3 Å². The van der Waals surface area contributed by atoms with Gasteiger partial charge in [0.05, 0.1) is 0 Å². The Kier molecular flexibility index (Phi) is 4.05. The first kappa shape index (κ1) is 13.4. The molecule has 0 aromatic heterocycles. The van der Waals surface area contributed by atoms with Gasteiger partial charge in [-0.2, -0.15) is 0 Å². The van der Waals surface area contributed by atoms with Gasteiger partial charge in [0.15, 0.2) is 0 Å². The van der Waals surface area contributed by atoms with Crippen LogP contribution < -0.4 is 9.64 Å². The Labute approximate surface area is 114 Å². The average molecular weight is 257 g/mol. The molecule has 0 bridgehead atoms. The van der Waals surface area contributed by atoms with Crippen molar-refractivity contribution in [3.8, 4) is 5.75 Å². The topological polar surface area (TPSA) is 29.5 Å². The van der Waals surface area contributed by atoms with Crippen LogP contribution in [0.5, 0.6) is 5.75 Å². The quantitative estimate of drug-likeness (QED) is 0.758. The lowest BCUT2D eigenvalue weighted by molar-refractivity contribution is -0.117. The molecule has 1 fully saturated rings. The van der Waals surface area contributed by atoms with Gasteiger partial charge in [-0.15, -0.1) is 6.58 Å². The number of amides is 1. The van der Waals surface area contributed by atoms with Crippen LogP contribution in [-0.4, -0.2) is 19.1 Å². The highest BCUT2D eigenvalue weighted by molar-refractivity contribution is 5.96. The molecule has 1 unspecified atom stereocenters. The molecule has 0 aliphatic carbocycles. The average Bonchev–Trinajstić information content (AvgIpc) is 2.78. The molecule has 3 heteroatoms. The first-order valence-corrected chi connectivity index (χ1v) is 6.40. The Bertz CT molecular complexity index is 507. The maximum Gasteiger partial charge on any atom is 0.227 e. The van der Waals surface area contributed by atoms with Gasteiger partial charge >= 0.3 is 0 Å². The number of hydrogen-bond donors (Lipinski definition) is 0. The molecule has 0 saturated carbocycles. The Morgan fingerprint density at radius 1 is 1.58 bits per heavy atom. The van der Waals surface area contributed by atoms with Gasteiger partial charge < -0.3 is 9.64 Å². The molecule has 2 rings (SSSR count). The van der Waals surface area contributed by atoms with Crippen LogP contribution in [0.4, 0.5) is 5.69 Å². The fourth-order valence-electron chi connectivity index (χ4n) is 2.09. The number of anilines is 1. The van der Waals surface area contributed by atoms with Gasteiger partial charge in [0.2, 0.25) is 5.91 Å². The largest absolute Gasteiger partial charge is 0.489 e. The molecule has 1 heterocycles. The predicted octanol–water partition coefficient (Wildman–Crippen LogP) is 3.18. The second-order valence-electron chi connectivity index (χ2n) is 4.95. The summed E-state index contributed by atoms with van der Waals surface area (Å²) in [6, 6.07) is 7.61. The highest BCUT2D eigenvalue weighted by atomic mass is 16.5. The van der Waals surface area contributed by atoms with E-state index in [0.29, 0.717) is 19.6 Å².